The van der Waals surface area contributed by atoms with Crippen molar-refractivity contribution in [3.05, 3.63) is 508 Å². The minimum atomic E-state index is 0.944. The molecular weight excluding hydrogens is 1690 g/mol. The molecule has 25 aromatic rings. The molecule has 0 N–H and O–H groups in total. The van der Waals surface area contributed by atoms with Crippen LogP contribution in [0.25, 0.3) is 254 Å². The van der Waals surface area contributed by atoms with Crippen LogP contribution in [-0.4, -0.2) is 9.13 Å². The molecule has 0 aliphatic rings. The van der Waals surface area contributed by atoms with E-state index in [0.29, 0.717) is 0 Å². The van der Waals surface area contributed by atoms with Crippen LogP contribution in [0, 0.1) is 27.7 Å². The summed E-state index contributed by atoms with van der Waals surface area (Å²) in [6, 6.07) is 181. The zero-order chi connectivity index (χ0) is 94.0. The number of rotatable bonds is 17. The summed E-state index contributed by atoms with van der Waals surface area (Å²) >= 11 is 0. The first-order valence-corrected chi connectivity index (χ1v) is 49.1. The molecule has 23 aromatic carbocycles. The SMILES string of the molecule is CCn1c2ccccc2c2cc(-c3ccc(-c4ccc(-c5c6ccc(-c7ccc(C)cc7)cc6c(-c6ccc(-c7ccc(-c8ccccc8)cc7)cc6)c6ccc(-c7ccc(C)cc7)cc56)cc4)cc3)ccc21.CCn1c2ccccc2c2cc(-c3ccc(-c4ccc(-c5c6ccc(-c7ccc(C)cc7)cc6c(-c6ccc(-c7ccccc7)cc6)c6ccc(-c7ccc(C)cc7)cc56)cc4)cc3)ccc21. The average molecular weight is 1790 g/mol. The second kappa shape index (κ2) is 36.4. The van der Waals surface area contributed by atoms with E-state index in [-0.39, 0.29) is 0 Å². The molecule has 0 aliphatic heterocycles. The fourth-order valence-corrected chi connectivity index (χ4v) is 21.7. The molecule has 2 nitrogen and oxygen atoms in total. The number of hydrogen-bond donors (Lipinski definition) is 0. The van der Waals surface area contributed by atoms with Crippen LogP contribution in [0.3, 0.4) is 0 Å². The molecule has 0 bridgehead atoms. The maximum atomic E-state index is 2.43. The summed E-state index contributed by atoms with van der Waals surface area (Å²) in [5.41, 5.74) is 46.6. The molecule has 0 saturated heterocycles. The standard InChI is InChI=1S/C72H53N.C66H49N/c1-4-73-69-13-9-8-12-63(69)66-44-62(40-43-70(66)73)57-28-26-52(27-29-57)54-32-36-59(37-33-54)72-65-42-39-60(55-18-14-47(2)15-19-55)45-67(65)71(64-41-38-61(46-68(64)72)56-20-16-48(3)17-21-56)58-34-30-53(31-35-58)51-24-22-50(23-25-51)49-10-6-5-7-11-49;1-4-67-63-13-9-8-12-57(63)60-40-56(36-39-64(60)67)51-24-22-47(23-25-51)48-28-32-53(33-29-48)66-59-38-35-54(49-18-14-43(2)15-19-49)41-61(59)65(52-30-26-46(27-31-52)45-10-6-5-7-11-45)58-37-34-55(42-62(58)66)50-20-16-44(3)17-21-50/h5-46H,4H2,1-3H3;5-42H,4H2,1-3H3. The van der Waals surface area contributed by atoms with Crippen LogP contribution in [0.1, 0.15) is 36.1 Å². The lowest BCUT2D eigenvalue weighted by Gasteiger charge is -2.20. The molecule has 25 rings (SSSR count). The summed E-state index contributed by atoms with van der Waals surface area (Å²) in [6.07, 6.45) is 0. The predicted octanol–water partition coefficient (Wildman–Crippen LogP) is 38.5. The normalized spacial score (nSPS) is 11.6. The monoisotopic (exact) mass is 1790 g/mol. The summed E-state index contributed by atoms with van der Waals surface area (Å²) in [6.45, 7) is 15.0. The van der Waals surface area contributed by atoms with Gasteiger partial charge < -0.3 is 9.13 Å². The van der Waals surface area contributed by atoms with Gasteiger partial charge in [-0.05, 0) is 312 Å². The Hall–Kier alpha value is -17.3. The lowest BCUT2D eigenvalue weighted by atomic mass is 9.83. The van der Waals surface area contributed by atoms with E-state index in [1.54, 1.807) is 0 Å². The van der Waals surface area contributed by atoms with Crippen molar-refractivity contribution < 1.29 is 0 Å². The van der Waals surface area contributed by atoms with Gasteiger partial charge in [0.1, 0.15) is 0 Å². The van der Waals surface area contributed by atoms with Crippen molar-refractivity contribution >= 4 is 86.7 Å². The Morgan fingerprint density at radius 2 is 0.279 bits per heavy atom. The molecular formula is C138H102N2. The zero-order valence-corrected chi connectivity index (χ0v) is 79.5. The second-order valence-electron chi connectivity index (χ2n) is 37.8. The van der Waals surface area contributed by atoms with E-state index in [0.717, 1.165) is 13.1 Å². The van der Waals surface area contributed by atoms with Crippen molar-refractivity contribution in [1.29, 1.82) is 0 Å². The first-order valence-electron chi connectivity index (χ1n) is 49.1. The third-order valence-electron chi connectivity index (χ3n) is 29.2. The maximum absolute atomic E-state index is 2.43. The van der Waals surface area contributed by atoms with Crippen LogP contribution in [0.15, 0.2) is 485 Å². The number of para-hydroxylation sites is 2. The van der Waals surface area contributed by atoms with E-state index in [1.165, 1.54) is 276 Å². The van der Waals surface area contributed by atoms with Gasteiger partial charge in [-0.25, -0.2) is 0 Å². The van der Waals surface area contributed by atoms with Crippen molar-refractivity contribution in [3.8, 4) is 167 Å². The van der Waals surface area contributed by atoms with Crippen LogP contribution in [0.4, 0.5) is 0 Å². The number of nitrogens with zero attached hydrogens (tertiary/aromatic N) is 2. The molecule has 0 radical (unpaired) electrons. The van der Waals surface area contributed by atoms with Gasteiger partial charge in [0, 0.05) is 56.7 Å². The number of aromatic nitrogens is 2. The molecule has 664 valence electrons. The van der Waals surface area contributed by atoms with Crippen LogP contribution >= 0.6 is 0 Å². The smallest absolute Gasteiger partial charge is 0.0491 e. The molecule has 0 spiro atoms. The third kappa shape index (κ3) is 16.0. The van der Waals surface area contributed by atoms with Crippen molar-refractivity contribution in [2.24, 2.45) is 0 Å². The largest absolute Gasteiger partial charge is 0.341 e. The summed E-state index contributed by atoms with van der Waals surface area (Å²) in [5, 5.41) is 15.1. The van der Waals surface area contributed by atoms with Crippen molar-refractivity contribution in [3.63, 3.8) is 0 Å². The van der Waals surface area contributed by atoms with E-state index in [1.807, 2.05) is 0 Å². The molecule has 0 fully saturated rings. The minimum Gasteiger partial charge on any atom is -0.341 e. The Morgan fingerprint density at radius 3 is 0.500 bits per heavy atom. The highest BCUT2D eigenvalue weighted by Gasteiger charge is 2.24. The van der Waals surface area contributed by atoms with Gasteiger partial charge in [-0.2, -0.15) is 0 Å². The quantitative estimate of drug-likeness (QED) is 0.0804. The Labute approximate surface area is 819 Å². The van der Waals surface area contributed by atoms with Crippen molar-refractivity contribution in [2.75, 3.05) is 0 Å². The summed E-state index contributed by atoms with van der Waals surface area (Å²) in [4.78, 5) is 0. The molecule has 0 atom stereocenters. The zero-order valence-electron chi connectivity index (χ0n) is 79.5. The number of benzene rings is 23. The molecule has 2 aromatic heterocycles. The molecule has 0 amide bonds. The summed E-state index contributed by atoms with van der Waals surface area (Å²) < 4.78 is 4.83. The first-order chi connectivity index (χ1) is 68.9. The fraction of sp³-hybridized carbons (Fsp3) is 0.0580. The maximum Gasteiger partial charge on any atom is 0.0491 e. The second-order valence-corrected chi connectivity index (χ2v) is 37.8. The summed E-state index contributed by atoms with van der Waals surface area (Å²) in [5.74, 6) is 0. The Balaban J connectivity index is 0.000000152. The van der Waals surface area contributed by atoms with Gasteiger partial charge in [0.25, 0.3) is 0 Å². The Morgan fingerprint density at radius 1 is 0.121 bits per heavy atom. The molecule has 0 aliphatic carbocycles. The highest BCUT2D eigenvalue weighted by molar-refractivity contribution is 6.25. The fourth-order valence-electron chi connectivity index (χ4n) is 21.7. The van der Waals surface area contributed by atoms with Crippen LogP contribution in [0.5, 0.6) is 0 Å². The highest BCUT2D eigenvalue weighted by atomic mass is 15.0. The molecule has 0 saturated carbocycles. The highest BCUT2D eigenvalue weighted by Crippen LogP contribution is 2.51. The van der Waals surface area contributed by atoms with Gasteiger partial charge in [0.05, 0.1) is 0 Å². The van der Waals surface area contributed by atoms with E-state index < -0.39 is 0 Å². The van der Waals surface area contributed by atoms with Crippen molar-refractivity contribution in [2.45, 2.75) is 54.6 Å². The lowest BCUT2D eigenvalue weighted by Crippen LogP contribution is -1.93. The molecule has 140 heavy (non-hydrogen) atoms. The molecule has 2 heterocycles. The van der Waals surface area contributed by atoms with Gasteiger partial charge in [-0.1, -0.05) is 447 Å². The third-order valence-corrected chi connectivity index (χ3v) is 29.2. The Bertz CT molecular complexity index is 9000. The van der Waals surface area contributed by atoms with E-state index in [2.05, 4.69) is 536 Å². The van der Waals surface area contributed by atoms with Gasteiger partial charge in [0.15, 0.2) is 0 Å². The lowest BCUT2D eigenvalue weighted by molar-refractivity contribution is 0.827. The van der Waals surface area contributed by atoms with Crippen LogP contribution in [0.2, 0.25) is 0 Å². The first kappa shape index (κ1) is 85.6. The number of aryl methyl sites for hydroxylation is 6. The predicted molar refractivity (Wildman–Crippen MR) is 601 cm³/mol. The van der Waals surface area contributed by atoms with Gasteiger partial charge in [-0.15, -0.1) is 0 Å². The van der Waals surface area contributed by atoms with E-state index >= 15 is 0 Å². The van der Waals surface area contributed by atoms with Gasteiger partial charge in [-0.3, -0.25) is 0 Å². The Kier molecular flexibility index (Phi) is 22.3. The summed E-state index contributed by atoms with van der Waals surface area (Å²) in [7, 11) is 0. The van der Waals surface area contributed by atoms with Crippen molar-refractivity contribution in [1.82, 2.24) is 9.13 Å². The molecule has 0 unspecified atom stereocenters. The van der Waals surface area contributed by atoms with Crippen LogP contribution in [-0.2, 0) is 13.1 Å². The average Bonchev–Trinajstić information content (AvgIpc) is 1.05. The van der Waals surface area contributed by atoms with E-state index in [9.17, 15) is 0 Å². The van der Waals surface area contributed by atoms with Gasteiger partial charge in [0.2, 0.25) is 0 Å². The topological polar surface area (TPSA) is 9.86 Å². The van der Waals surface area contributed by atoms with Crippen LogP contribution < -0.4 is 0 Å². The number of fused-ring (bicyclic) bond motifs is 10. The van der Waals surface area contributed by atoms with E-state index in [4.69, 9.17) is 0 Å². The minimum absolute atomic E-state index is 0.944. The molecule has 2 heteroatoms. The number of hydrogen-bond acceptors (Lipinski definition) is 0. The van der Waals surface area contributed by atoms with Gasteiger partial charge >= 0.3 is 0 Å².